The van der Waals surface area contributed by atoms with Gasteiger partial charge in [0.15, 0.2) is 11.6 Å². The van der Waals surface area contributed by atoms with E-state index < -0.39 is 22.4 Å². The van der Waals surface area contributed by atoms with Crippen LogP contribution in [0.2, 0.25) is 0 Å². The zero-order valence-electron chi connectivity index (χ0n) is 21.8. The van der Waals surface area contributed by atoms with Crippen molar-refractivity contribution in [1.29, 1.82) is 0 Å². The average molecular weight is 555 g/mol. The molecule has 0 atom stereocenters. The number of aromatic nitrogens is 2. The predicted molar refractivity (Wildman–Crippen MR) is 144 cm³/mol. The Balaban J connectivity index is 1.59. The largest absolute Gasteiger partial charge is 0.453 e. The third-order valence-corrected chi connectivity index (χ3v) is 6.51. The molecular weight excluding hydrogens is 527 g/mol. The van der Waals surface area contributed by atoms with Gasteiger partial charge in [0.25, 0.3) is 5.69 Å². The van der Waals surface area contributed by atoms with E-state index in [0.29, 0.717) is 40.5 Å². The molecule has 1 aromatic carbocycles. The third-order valence-electron chi connectivity index (χ3n) is 5.35. The van der Waals surface area contributed by atoms with E-state index in [1.54, 1.807) is 13.2 Å². The molecule has 1 amide bonds. The molecule has 0 saturated carbocycles. The number of nitro groups is 1. The Morgan fingerprint density at radius 3 is 2.64 bits per heavy atom. The smallest absolute Gasteiger partial charge is 0.410 e. The van der Waals surface area contributed by atoms with Gasteiger partial charge in [0.2, 0.25) is 0 Å². The number of hydrogen-bond donors (Lipinski definition) is 0. The summed E-state index contributed by atoms with van der Waals surface area (Å²) in [6, 6.07) is 12.2. The number of ether oxygens (including phenoxy) is 3. The van der Waals surface area contributed by atoms with Crippen molar-refractivity contribution in [2.75, 3.05) is 20.3 Å². The molecule has 4 rings (SSSR count). The van der Waals surface area contributed by atoms with Crippen molar-refractivity contribution in [3.63, 3.8) is 0 Å². The number of thiophene rings is 1. The fraction of sp³-hybridized carbons (Fsp3) is 0.296. The molecule has 0 spiro atoms. The number of nitrogens with zero attached hydrogens (tertiary/aromatic N) is 4. The van der Waals surface area contributed by atoms with Crippen LogP contribution in [-0.4, -0.2) is 51.7 Å². The molecule has 10 nitrogen and oxygen atoms in total. The van der Waals surface area contributed by atoms with E-state index in [1.165, 1.54) is 34.6 Å². The van der Waals surface area contributed by atoms with Crippen molar-refractivity contribution < 1.29 is 28.3 Å². The van der Waals surface area contributed by atoms with E-state index in [-0.39, 0.29) is 18.0 Å². The van der Waals surface area contributed by atoms with Gasteiger partial charge in [-0.3, -0.25) is 25.0 Å². The van der Waals surface area contributed by atoms with E-state index in [2.05, 4.69) is 4.98 Å². The van der Waals surface area contributed by atoms with Crippen LogP contribution in [0.1, 0.15) is 26.5 Å². The summed E-state index contributed by atoms with van der Waals surface area (Å²) in [4.78, 5) is 34.4. The second-order valence-corrected chi connectivity index (χ2v) is 10.6. The Kier molecular flexibility index (Phi) is 8.36. The molecule has 0 aliphatic rings. The van der Waals surface area contributed by atoms with E-state index in [9.17, 15) is 19.3 Å². The predicted octanol–water partition coefficient (Wildman–Crippen LogP) is 6.58. The number of carbonyl (C=O) groups is 1. The Bertz CT molecular complexity index is 1500. The maximum atomic E-state index is 14.4. The molecule has 0 aliphatic heterocycles. The molecule has 3 aromatic heterocycles. The van der Waals surface area contributed by atoms with Gasteiger partial charge in [0.1, 0.15) is 11.4 Å². The number of amides is 1. The van der Waals surface area contributed by atoms with Gasteiger partial charge in [-0.25, -0.2) is 9.18 Å². The van der Waals surface area contributed by atoms with Gasteiger partial charge < -0.3 is 14.2 Å². The molecular formula is C27H27FN4O6S. The molecule has 204 valence electrons. The molecule has 0 unspecified atom stereocenters. The molecule has 0 saturated heterocycles. The number of halogens is 1. The lowest BCUT2D eigenvalue weighted by Crippen LogP contribution is -2.38. The van der Waals surface area contributed by atoms with Gasteiger partial charge in [-0.1, -0.05) is 6.07 Å². The van der Waals surface area contributed by atoms with Crippen LogP contribution in [-0.2, 0) is 16.0 Å². The fourth-order valence-electron chi connectivity index (χ4n) is 3.59. The van der Waals surface area contributed by atoms with Crippen LogP contribution < -0.4 is 4.74 Å². The van der Waals surface area contributed by atoms with Crippen molar-refractivity contribution in [3.8, 4) is 22.1 Å². The van der Waals surface area contributed by atoms with Gasteiger partial charge in [-0.05, 0) is 45.0 Å². The zero-order valence-corrected chi connectivity index (χ0v) is 22.7. The molecule has 0 aliphatic carbocycles. The van der Waals surface area contributed by atoms with Crippen LogP contribution >= 0.6 is 11.3 Å². The highest BCUT2D eigenvalue weighted by atomic mass is 32.1. The summed E-state index contributed by atoms with van der Waals surface area (Å²) < 4.78 is 31.6. The lowest BCUT2D eigenvalue weighted by Gasteiger charge is -2.27. The maximum Gasteiger partial charge on any atom is 0.410 e. The molecule has 0 bridgehead atoms. The number of fused-ring (bicyclic) bond motifs is 1. The molecule has 3 heterocycles. The van der Waals surface area contributed by atoms with Gasteiger partial charge in [0.05, 0.1) is 50.6 Å². The summed E-state index contributed by atoms with van der Waals surface area (Å²) >= 11 is 1.36. The number of methoxy groups -OCH3 is 1. The van der Waals surface area contributed by atoms with Crippen molar-refractivity contribution in [2.45, 2.75) is 32.9 Å². The van der Waals surface area contributed by atoms with Gasteiger partial charge in [-0.2, -0.15) is 0 Å². The second kappa shape index (κ2) is 11.7. The van der Waals surface area contributed by atoms with Gasteiger partial charge >= 0.3 is 6.09 Å². The minimum atomic E-state index is -0.844. The number of hydrogen-bond acceptors (Lipinski definition) is 9. The quantitative estimate of drug-likeness (QED) is 0.168. The zero-order chi connectivity index (χ0) is 28.2. The summed E-state index contributed by atoms with van der Waals surface area (Å²) in [5, 5.41) is 10.9. The van der Waals surface area contributed by atoms with Crippen LogP contribution in [0.4, 0.5) is 14.9 Å². The first-order valence-electron chi connectivity index (χ1n) is 12.0. The van der Waals surface area contributed by atoms with Crippen molar-refractivity contribution in [3.05, 3.63) is 76.4 Å². The molecule has 0 N–H and O–H groups in total. The summed E-state index contributed by atoms with van der Waals surface area (Å²) in [5.74, 6) is -0.624. The van der Waals surface area contributed by atoms with E-state index in [1.807, 2.05) is 45.0 Å². The first-order chi connectivity index (χ1) is 18.5. The van der Waals surface area contributed by atoms with Crippen LogP contribution in [0.25, 0.3) is 20.8 Å². The number of nitro benzene ring substituents is 1. The lowest BCUT2D eigenvalue weighted by atomic mass is 10.2. The van der Waals surface area contributed by atoms with E-state index in [0.717, 1.165) is 10.9 Å². The number of non-ortho nitro benzene ring substituents is 1. The first-order valence-corrected chi connectivity index (χ1v) is 12.8. The summed E-state index contributed by atoms with van der Waals surface area (Å²) in [6.45, 7) is 6.33. The summed E-state index contributed by atoms with van der Waals surface area (Å²) in [6.07, 6.45) is 1.08. The number of rotatable bonds is 9. The van der Waals surface area contributed by atoms with Crippen LogP contribution in [0, 0.1) is 15.9 Å². The van der Waals surface area contributed by atoms with Crippen LogP contribution in [0.5, 0.6) is 11.5 Å². The average Bonchev–Trinajstić information content (AvgIpc) is 3.32. The molecule has 12 heteroatoms. The fourth-order valence-corrected chi connectivity index (χ4v) is 4.62. The van der Waals surface area contributed by atoms with Crippen molar-refractivity contribution in [2.24, 2.45) is 0 Å². The number of pyridine rings is 2. The lowest BCUT2D eigenvalue weighted by molar-refractivity contribution is -0.385. The number of carbonyl (C=O) groups excluding carboxylic acids is 1. The second-order valence-electron chi connectivity index (χ2n) is 9.52. The molecule has 0 fully saturated rings. The SMILES string of the molecule is COCCN(Cc1cccc(-c2cc3nccc(Oc4ccc([N+](=O)[O-])cc4F)c3s2)n1)C(=O)OC(C)(C)C. The van der Waals surface area contributed by atoms with E-state index in [4.69, 9.17) is 19.2 Å². The minimum absolute atomic E-state index is 0.138. The molecule has 39 heavy (non-hydrogen) atoms. The Morgan fingerprint density at radius 1 is 1.15 bits per heavy atom. The Morgan fingerprint density at radius 2 is 1.95 bits per heavy atom. The van der Waals surface area contributed by atoms with Crippen LogP contribution in [0.15, 0.2) is 54.7 Å². The highest BCUT2D eigenvalue weighted by Crippen LogP contribution is 2.39. The van der Waals surface area contributed by atoms with E-state index >= 15 is 0 Å². The highest BCUT2D eigenvalue weighted by Gasteiger charge is 2.23. The minimum Gasteiger partial charge on any atom is -0.453 e. The standard InChI is InChI=1S/C27H27FN4O6S/c1-27(2,3)38-26(33)31(12-13-36-4)16-17-6-5-7-20(30-17)24-15-21-25(39-24)23(10-11-29-21)37-22-9-8-18(32(34)35)14-19(22)28/h5-11,14-15H,12-13,16H2,1-4H3. The number of benzene rings is 1. The highest BCUT2D eigenvalue weighted by molar-refractivity contribution is 7.22. The first kappa shape index (κ1) is 27.9. The van der Waals surface area contributed by atoms with Gasteiger partial charge in [-0.15, -0.1) is 11.3 Å². The molecule has 0 radical (unpaired) electrons. The van der Waals surface area contributed by atoms with Crippen molar-refractivity contribution >= 4 is 33.3 Å². The maximum absolute atomic E-state index is 14.4. The Hall–Kier alpha value is -4.16. The molecule has 4 aromatic rings. The normalized spacial score (nSPS) is 11.4. The summed E-state index contributed by atoms with van der Waals surface area (Å²) in [7, 11) is 1.57. The topological polar surface area (TPSA) is 117 Å². The van der Waals surface area contributed by atoms with Crippen LogP contribution in [0.3, 0.4) is 0 Å². The van der Waals surface area contributed by atoms with Gasteiger partial charge in [0, 0.05) is 32.0 Å². The third kappa shape index (κ3) is 7.03. The monoisotopic (exact) mass is 554 g/mol. The Labute approximate surface area is 228 Å². The summed E-state index contributed by atoms with van der Waals surface area (Å²) in [5.41, 5.74) is 0.941. The van der Waals surface area contributed by atoms with Crippen molar-refractivity contribution in [1.82, 2.24) is 14.9 Å².